The first-order valence-corrected chi connectivity index (χ1v) is 5.41. The first kappa shape index (κ1) is 12.3. The van der Waals surface area contributed by atoms with E-state index in [1.54, 1.807) is 0 Å². The van der Waals surface area contributed by atoms with E-state index in [1.807, 2.05) is 30.8 Å². The van der Waals surface area contributed by atoms with Gasteiger partial charge in [0.25, 0.3) is 0 Å². The topological polar surface area (TPSA) is 0 Å². The van der Waals surface area contributed by atoms with Crippen molar-refractivity contribution in [3.05, 3.63) is 41.5 Å². The molecule has 1 heteroatoms. The van der Waals surface area contributed by atoms with Gasteiger partial charge < -0.3 is 0 Å². The highest BCUT2D eigenvalue weighted by Gasteiger charge is 2.00. The van der Waals surface area contributed by atoms with Gasteiger partial charge in [-0.15, -0.1) is 17.5 Å². The van der Waals surface area contributed by atoms with Crippen LogP contribution in [0.3, 0.4) is 0 Å². The zero-order valence-corrected chi connectivity index (χ0v) is 9.58. The SMILES string of the molecule is C=C=C/C=C(\SCC(C)C)C(=C)C. The van der Waals surface area contributed by atoms with Crippen molar-refractivity contribution < 1.29 is 0 Å². The van der Waals surface area contributed by atoms with Crippen LogP contribution >= 0.6 is 11.8 Å². The standard InChI is InChI=1S/C12H18S/c1-6-7-8-12(11(4)5)13-9-10(2)3/h7-8,10H,1,4,9H2,2-3,5H3/b12-8-. The molecule has 0 bridgehead atoms. The maximum Gasteiger partial charge on any atom is 0.0101 e. The van der Waals surface area contributed by atoms with Crippen molar-refractivity contribution in [2.75, 3.05) is 5.75 Å². The van der Waals surface area contributed by atoms with Gasteiger partial charge >= 0.3 is 0 Å². The maximum atomic E-state index is 3.93. The summed E-state index contributed by atoms with van der Waals surface area (Å²) in [7, 11) is 0. The molecule has 0 aromatic heterocycles. The van der Waals surface area contributed by atoms with Crippen LogP contribution in [0.5, 0.6) is 0 Å². The molecule has 0 atom stereocenters. The minimum atomic E-state index is 0.709. The summed E-state index contributed by atoms with van der Waals surface area (Å²) in [5, 5.41) is 0. The predicted octanol–water partition coefficient (Wildman–Crippen LogP) is 4.18. The Bertz CT molecular complexity index is 240. The van der Waals surface area contributed by atoms with Crippen LogP contribution in [0.1, 0.15) is 20.8 Å². The molecule has 0 aliphatic rings. The second-order valence-electron chi connectivity index (χ2n) is 3.39. The van der Waals surface area contributed by atoms with Crippen LogP contribution in [-0.2, 0) is 0 Å². The molecule has 0 fully saturated rings. The van der Waals surface area contributed by atoms with Crippen LogP contribution in [-0.4, -0.2) is 5.75 Å². The number of hydrogen-bond donors (Lipinski definition) is 0. The van der Waals surface area contributed by atoms with Gasteiger partial charge in [0.2, 0.25) is 0 Å². The summed E-state index contributed by atoms with van der Waals surface area (Å²) in [4.78, 5) is 1.23. The average Bonchev–Trinajstić information content (AvgIpc) is 2.03. The van der Waals surface area contributed by atoms with E-state index in [4.69, 9.17) is 0 Å². The lowest BCUT2D eigenvalue weighted by Crippen LogP contribution is -1.91. The Balaban J connectivity index is 4.27. The second kappa shape index (κ2) is 6.82. The quantitative estimate of drug-likeness (QED) is 0.467. The molecule has 0 N–H and O–H groups in total. The first-order chi connectivity index (χ1) is 6.07. The molecule has 0 aromatic rings. The van der Waals surface area contributed by atoms with Crippen LogP contribution < -0.4 is 0 Å². The Labute approximate surface area is 86.1 Å². The molecule has 0 radical (unpaired) electrons. The van der Waals surface area contributed by atoms with E-state index in [2.05, 4.69) is 32.7 Å². The summed E-state index contributed by atoms with van der Waals surface area (Å²) >= 11 is 1.84. The summed E-state index contributed by atoms with van der Waals surface area (Å²) in [6, 6.07) is 0. The average molecular weight is 194 g/mol. The zero-order valence-electron chi connectivity index (χ0n) is 8.76. The van der Waals surface area contributed by atoms with Crippen LogP contribution in [0.15, 0.2) is 41.5 Å². The van der Waals surface area contributed by atoms with Crippen molar-refractivity contribution in [3.63, 3.8) is 0 Å². The lowest BCUT2D eigenvalue weighted by Gasteiger charge is -2.07. The highest BCUT2D eigenvalue weighted by atomic mass is 32.2. The molecule has 0 rings (SSSR count). The fourth-order valence-corrected chi connectivity index (χ4v) is 1.63. The maximum absolute atomic E-state index is 3.93. The molecular formula is C12H18S. The van der Waals surface area contributed by atoms with Crippen molar-refractivity contribution in [2.24, 2.45) is 5.92 Å². The van der Waals surface area contributed by atoms with Gasteiger partial charge in [-0.2, -0.15) is 0 Å². The molecule has 0 aromatic carbocycles. The minimum absolute atomic E-state index is 0.709. The van der Waals surface area contributed by atoms with E-state index >= 15 is 0 Å². The predicted molar refractivity (Wildman–Crippen MR) is 63.9 cm³/mol. The molecular weight excluding hydrogens is 176 g/mol. The third-order valence-corrected chi connectivity index (χ3v) is 2.97. The number of allylic oxidation sites excluding steroid dienone is 3. The largest absolute Gasteiger partial charge is 0.129 e. The Kier molecular flexibility index (Phi) is 6.48. The van der Waals surface area contributed by atoms with Gasteiger partial charge in [-0.1, -0.05) is 27.0 Å². The van der Waals surface area contributed by atoms with Gasteiger partial charge in [0.05, 0.1) is 0 Å². The van der Waals surface area contributed by atoms with E-state index in [-0.39, 0.29) is 0 Å². The molecule has 0 amide bonds. The molecule has 0 heterocycles. The van der Waals surface area contributed by atoms with Crippen LogP contribution in [0.25, 0.3) is 0 Å². The fraction of sp³-hybridized carbons (Fsp3) is 0.417. The Morgan fingerprint density at radius 3 is 2.54 bits per heavy atom. The molecule has 0 saturated heterocycles. The van der Waals surface area contributed by atoms with Gasteiger partial charge in [-0.25, -0.2) is 0 Å². The van der Waals surface area contributed by atoms with Crippen molar-refractivity contribution in [1.82, 2.24) is 0 Å². The fourth-order valence-electron chi connectivity index (χ4n) is 0.705. The van der Waals surface area contributed by atoms with Crippen molar-refractivity contribution >= 4 is 11.8 Å². The summed E-state index contributed by atoms with van der Waals surface area (Å²) in [6.45, 7) is 13.9. The Morgan fingerprint density at radius 2 is 2.15 bits per heavy atom. The molecule has 72 valence electrons. The van der Waals surface area contributed by atoms with E-state index in [1.165, 1.54) is 4.91 Å². The summed E-state index contributed by atoms with van der Waals surface area (Å²) in [6.07, 6.45) is 3.85. The minimum Gasteiger partial charge on any atom is -0.129 e. The number of hydrogen-bond acceptors (Lipinski definition) is 1. The van der Waals surface area contributed by atoms with Crippen molar-refractivity contribution in [3.8, 4) is 0 Å². The van der Waals surface area contributed by atoms with Gasteiger partial charge in [0.1, 0.15) is 0 Å². The molecule has 0 spiro atoms. The smallest absolute Gasteiger partial charge is 0.0101 e. The van der Waals surface area contributed by atoms with E-state index in [9.17, 15) is 0 Å². The number of thioether (sulfide) groups is 1. The monoisotopic (exact) mass is 194 g/mol. The van der Waals surface area contributed by atoms with Crippen LogP contribution in [0, 0.1) is 5.92 Å². The van der Waals surface area contributed by atoms with E-state index in [0.717, 1.165) is 11.3 Å². The molecule has 13 heavy (non-hydrogen) atoms. The van der Waals surface area contributed by atoms with Gasteiger partial charge in [-0.05, 0) is 30.6 Å². The molecule has 0 aliphatic carbocycles. The summed E-state index contributed by atoms with van der Waals surface area (Å²) in [5.41, 5.74) is 3.84. The summed E-state index contributed by atoms with van der Waals surface area (Å²) < 4.78 is 0. The third kappa shape index (κ3) is 6.51. The highest BCUT2D eigenvalue weighted by Crippen LogP contribution is 2.24. The lowest BCUT2D eigenvalue weighted by molar-refractivity contribution is 0.751. The summed E-state index contributed by atoms with van der Waals surface area (Å²) in [5.74, 6) is 1.84. The molecule has 0 unspecified atom stereocenters. The van der Waals surface area contributed by atoms with Crippen LogP contribution in [0.4, 0.5) is 0 Å². The van der Waals surface area contributed by atoms with Gasteiger partial charge in [0.15, 0.2) is 0 Å². The lowest BCUT2D eigenvalue weighted by atomic mass is 10.3. The molecule has 0 saturated carbocycles. The van der Waals surface area contributed by atoms with Crippen molar-refractivity contribution in [2.45, 2.75) is 20.8 Å². The van der Waals surface area contributed by atoms with E-state index in [0.29, 0.717) is 5.92 Å². The normalized spacial score (nSPS) is 11.2. The van der Waals surface area contributed by atoms with Crippen molar-refractivity contribution in [1.29, 1.82) is 0 Å². The Hall–Kier alpha value is -0.650. The first-order valence-electron chi connectivity index (χ1n) is 4.42. The van der Waals surface area contributed by atoms with E-state index < -0.39 is 0 Å². The zero-order chi connectivity index (χ0) is 10.3. The third-order valence-electron chi connectivity index (χ3n) is 1.35. The molecule has 0 aliphatic heterocycles. The Morgan fingerprint density at radius 1 is 1.54 bits per heavy atom. The van der Waals surface area contributed by atoms with Gasteiger partial charge in [-0.3, -0.25) is 0 Å². The highest BCUT2D eigenvalue weighted by molar-refractivity contribution is 8.03. The van der Waals surface area contributed by atoms with Crippen LogP contribution in [0.2, 0.25) is 0 Å². The number of rotatable bonds is 5. The second-order valence-corrected chi connectivity index (χ2v) is 4.45. The van der Waals surface area contributed by atoms with Gasteiger partial charge in [0, 0.05) is 10.7 Å². The molecule has 0 nitrogen and oxygen atoms in total.